The first kappa shape index (κ1) is 10.3. The fourth-order valence-corrected chi connectivity index (χ4v) is 1.20. The maximum Gasteiger partial charge on any atom is 0.166 e. The summed E-state index contributed by atoms with van der Waals surface area (Å²) in [6.45, 7) is 1.73. The molecule has 0 fully saturated rings. The number of phenols is 1. The van der Waals surface area contributed by atoms with Crippen LogP contribution in [0.4, 0.5) is 0 Å². The molecule has 0 radical (unpaired) electrons. The van der Waals surface area contributed by atoms with E-state index in [1.165, 1.54) is 6.07 Å². The van der Waals surface area contributed by atoms with Gasteiger partial charge in [0, 0.05) is 6.42 Å². The number of Topliss-reactive ketones (excluding diaryl/α,β-unsaturated/α-hetero) is 1. The van der Waals surface area contributed by atoms with E-state index in [4.69, 9.17) is 5.26 Å². The molecule has 0 aromatic heterocycles. The first-order valence-corrected chi connectivity index (χ1v) is 4.41. The third-order valence-electron chi connectivity index (χ3n) is 1.97. The molecule has 14 heavy (non-hydrogen) atoms. The Labute approximate surface area is 82.6 Å². The number of ketones is 1. The molecule has 0 aliphatic heterocycles. The van der Waals surface area contributed by atoms with Gasteiger partial charge in [-0.25, -0.2) is 0 Å². The second-order valence-electron chi connectivity index (χ2n) is 2.96. The number of rotatable bonds is 3. The standard InChI is InChI=1S/C11H11NO2/c1-2-10(13)9-7-8(5-6-12)3-4-11(9)14/h3-4,7,14H,2,5H2,1H3. The van der Waals surface area contributed by atoms with Gasteiger partial charge >= 0.3 is 0 Å². The smallest absolute Gasteiger partial charge is 0.166 e. The molecule has 0 unspecified atom stereocenters. The number of carbonyl (C=O) groups excluding carboxylic acids is 1. The second kappa shape index (κ2) is 4.43. The van der Waals surface area contributed by atoms with Gasteiger partial charge in [-0.15, -0.1) is 0 Å². The van der Waals surface area contributed by atoms with Crippen molar-refractivity contribution in [1.29, 1.82) is 5.26 Å². The summed E-state index contributed by atoms with van der Waals surface area (Å²) < 4.78 is 0. The van der Waals surface area contributed by atoms with Crippen molar-refractivity contribution < 1.29 is 9.90 Å². The molecular formula is C11H11NO2. The summed E-state index contributed by atoms with van der Waals surface area (Å²) >= 11 is 0. The van der Waals surface area contributed by atoms with Gasteiger partial charge in [0.05, 0.1) is 18.1 Å². The van der Waals surface area contributed by atoms with Crippen LogP contribution in [0.5, 0.6) is 5.75 Å². The number of nitriles is 1. The molecule has 0 aliphatic rings. The molecule has 0 bridgehead atoms. The van der Waals surface area contributed by atoms with Gasteiger partial charge in [0.15, 0.2) is 5.78 Å². The molecule has 0 amide bonds. The quantitative estimate of drug-likeness (QED) is 0.740. The minimum absolute atomic E-state index is 0.0152. The highest BCUT2D eigenvalue weighted by atomic mass is 16.3. The number of phenolic OH excluding ortho intramolecular Hbond substituents is 1. The van der Waals surface area contributed by atoms with Crippen LogP contribution in [-0.4, -0.2) is 10.9 Å². The average molecular weight is 189 g/mol. The third kappa shape index (κ3) is 2.11. The van der Waals surface area contributed by atoms with Crippen molar-refractivity contribution in [3.8, 4) is 11.8 Å². The maximum absolute atomic E-state index is 11.3. The summed E-state index contributed by atoms with van der Waals surface area (Å²) in [6.07, 6.45) is 0.605. The topological polar surface area (TPSA) is 61.1 Å². The monoisotopic (exact) mass is 189 g/mol. The first-order valence-electron chi connectivity index (χ1n) is 4.41. The molecule has 0 saturated carbocycles. The Morgan fingerprint density at radius 3 is 2.86 bits per heavy atom. The fraction of sp³-hybridized carbons (Fsp3) is 0.273. The van der Waals surface area contributed by atoms with Gasteiger partial charge in [-0.05, 0) is 17.7 Å². The van der Waals surface area contributed by atoms with E-state index in [9.17, 15) is 9.90 Å². The van der Waals surface area contributed by atoms with Gasteiger partial charge in [-0.3, -0.25) is 4.79 Å². The summed E-state index contributed by atoms with van der Waals surface area (Å²) in [4.78, 5) is 11.3. The van der Waals surface area contributed by atoms with Crippen molar-refractivity contribution in [2.24, 2.45) is 0 Å². The Morgan fingerprint density at radius 1 is 1.57 bits per heavy atom. The summed E-state index contributed by atoms with van der Waals surface area (Å²) in [5.41, 5.74) is 1.06. The molecule has 1 aromatic rings. The number of carbonyl (C=O) groups is 1. The van der Waals surface area contributed by atoms with E-state index in [0.29, 0.717) is 12.0 Å². The van der Waals surface area contributed by atoms with Crippen LogP contribution >= 0.6 is 0 Å². The van der Waals surface area contributed by atoms with E-state index in [1.54, 1.807) is 19.1 Å². The molecule has 0 heterocycles. The van der Waals surface area contributed by atoms with E-state index in [2.05, 4.69) is 0 Å². The Bertz CT molecular complexity index is 391. The lowest BCUT2D eigenvalue weighted by molar-refractivity contribution is 0.0985. The molecule has 1 aromatic carbocycles. The predicted molar refractivity (Wildman–Crippen MR) is 52.0 cm³/mol. The Balaban J connectivity index is 3.09. The normalized spacial score (nSPS) is 9.43. The molecule has 72 valence electrons. The fourth-order valence-electron chi connectivity index (χ4n) is 1.20. The first-order chi connectivity index (χ1) is 6.69. The number of benzene rings is 1. The molecule has 1 N–H and O–H groups in total. The summed E-state index contributed by atoms with van der Waals surface area (Å²) in [6, 6.07) is 6.67. The number of aromatic hydroxyl groups is 1. The largest absolute Gasteiger partial charge is 0.507 e. The van der Waals surface area contributed by atoms with Crippen LogP contribution in [0.3, 0.4) is 0 Å². The lowest BCUT2D eigenvalue weighted by atomic mass is 10.0. The number of nitrogens with zero attached hydrogens (tertiary/aromatic N) is 1. The molecular weight excluding hydrogens is 178 g/mol. The highest BCUT2D eigenvalue weighted by Crippen LogP contribution is 2.20. The van der Waals surface area contributed by atoms with Gasteiger partial charge < -0.3 is 5.11 Å². The zero-order valence-corrected chi connectivity index (χ0v) is 7.95. The van der Waals surface area contributed by atoms with Gasteiger partial charge in [0.2, 0.25) is 0 Å². The van der Waals surface area contributed by atoms with Crippen LogP contribution in [-0.2, 0) is 6.42 Å². The summed E-state index contributed by atoms with van der Waals surface area (Å²) in [7, 11) is 0. The third-order valence-corrected chi connectivity index (χ3v) is 1.97. The Morgan fingerprint density at radius 2 is 2.29 bits per heavy atom. The van der Waals surface area contributed by atoms with Crippen molar-refractivity contribution in [2.75, 3.05) is 0 Å². The second-order valence-corrected chi connectivity index (χ2v) is 2.96. The number of hydrogen-bond acceptors (Lipinski definition) is 3. The number of hydrogen-bond donors (Lipinski definition) is 1. The van der Waals surface area contributed by atoms with Gasteiger partial charge in [-0.2, -0.15) is 5.26 Å². The van der Waals surface area contributed by atoms with Crippen LogP contribution in [0.1, 0.15) is 29.3 Å². The lowest BCUT2D eigenvalue weighted by Gasteiger charge is -2.03. The Kier molecular flexibility index (Phi) is 3.24. The zero-order chi connectivity index (χ0) is 10.6. The highest BCUT2D eigenvalue weighted by Gasteiger charge is 2.09. The molecule has 1 rings (SSSR count). The molecule has 0 atom stereocenters. The highest BCUT2D eigenvalue weighted by molar-refractivity contribution is 5.98. The SMILES string of the molecule is CCC(=O)c1cc(CC#N)ccc1O. The van der Waals surface area contributed by atoms with Crippen molar-refractivity contribution in [2.45, 2.75) is 19.8 Å². The van der Waals surface area contributed by atoms with Crippen molar-refractivity contribution in [1.82, 2.24) is 0 Å². The van der Waals surface area contributed by atoms with Gasteiger partial charge in [0.25, 0.3) is 0 Å². The van der Waals surface area contributed by atoms with Crippen LogP contribution in [0, 0.1) is 11.3 Å². The lowest BCUT2D eigenvalue weighted by Crippen LogP contribution is -1.98. The van der Waals surface area contributed by atoms with Crippen molar-refractivity contribution >= 4 is 5.78 Å². The van der Waals surface area contributed by atoms with E-state index >= 15 is 0 Å². The van der Waals surface area contributed by atoms with Gasteiger partial charge in [-0.1, -0.05) is 13.0 Å². The van der Waals surface area contributed by atoms with E-state index in [-0.39, 0.29) is 18.0 Å². The molecule has 0 saturated heterocycles. The van der Waals surface area contributed by atoms with Crippen molar-refractivity contribution in [3.05, 3.63) is 29.3 Å². The molecule has 0 spiro atoms. The minimum Gasteiger partial charge on any atom is -0.507 e. The van der Waals surface area contributed by atoms with Crippen LogP contribution in [0.15, 0.2) is 18.2 Å². The average Bonchev–Trinajstić information content (AvgIpc) is 2.20. The minimum atomic E-state index is -0.109. The van der Waals surface area contributed by atoms with E-state index in [1.807, 2.05) is 6.07 Å². The van der Waals surface area contributed by atoms with E-state index < -0.39 is 0 Å². The molecule has 3 heteroatoms. The van der Waals surface area contributed by atoms with Crippen molar-refractivity contribution in [3.63, 3.8) is 0 Å². The van der Waals surface area contributed by atoms with Crippen LogP contribution in [0.2, 0.25) is 0 Å². The molecule has 3 nitrogen and oxygen atoms in total. The predicted octanol–water partition coefficient (Wildman–Crippen LogP) is 2.05. The van der Waals surface area contributed by atoms with Crippen LogP contribution in [0.25, 0.3) is 0 Å². The van der Waals surface area contributed by atoms with Crippen LogP contribution < -0.4 is 0 Å². The van der Waals surface area contributed by atoms with E-state index in [0.717, 1.165) is 5.56 Å². The maximum atomic E-state index is 11.3. The van der Waals surface area contributed by atoms with Gasteiger partial charge in [0.1, 0.15) is 5.75 Å². The Hall–Kier alpha value is -1.82. The zero-order valence-electron chi connectivity index (χ0n) is 7.95. The summed E-state index contributed by atoms with van der Waals surface area (Å²) in [5, 5.41) is 17.9. The molecule has 0 aliphatic carbocycles. The summed E-state index contributed by atoms with van der Waals surface area (Å²) in [5.74, 6) is -0.124.